The molecule has 0 saturated carbocycles. The normalized spacial score (nSPS) is 13.8. The van der Waals surface area contributed by atoms with Gasteiger partial charge in [-0.25, -0.2) is 9.78 Å². The molecule has 1 heterocycles. The Morgan fingerprint density at radius 3 is 2.71 bits per heavy atom. The number of aryl methyl sites for hydroxylation is 1. The van der Waals surface area contributed by atoms with Gasteiger partial charge in [0, 0.05) is 12.8 Å². The molecule has 1 aromatic heterocycles. The molecule has 1 atom stereocenters. The number of hydrogen-bond donors (Lipinski definition) is 2. The number of aliphatic carboxylic acids is 1. The summed E-state index contributed by atoms with van der Waals surface area (Å²) in [4.78, 5) is 27.5. The van der Waals surface area contributed by atoms with E-state index in [0.717, 1.165) is 15.2 Å². The molecule has 5 nitrogen and oxygen atoms in total. The van der Waals surface area contributed by atoms with Crippen molar-refractivity contribution in [1.82, 2.24) is 10.3 Å². The monoisotopic (exact) mass is 306 g/mol. The van der Waals surface area contributed by atoms with Crippen LogP contribution in [0, 0.1) is 0 Å². The number of carbonyl (C=O) groups is 2. The van der Waals surface area contributed by atoms with Crippen molar-refractivity contribution in [3.63, 3.8) is 0 Å². The fourth-order valence-corrected chi connectivity index (χ4v) is 2.88. The number of aromatic nitrogens is 1. The second-order valence-electron chi connectivity index (χ2n) is 5.11. The first kappa shape index (κ1) is 15.4. The first-order valence-corrected chi connectivity index (χ1v) is 7.65. The number of benzene rings is 1. The number of amides is 1. The van der Waals surface area contributed by atoms with E-state index in [2.05, 4.69) is 10.3 Å². The molecule has 2 N–H and O–H groups in total. The van der Waals surface area contributed by atoms with Gasteiger partial charge >= 0.3 is 5.97 Å². The molecular formula is C15H18N2O3S. The van der Waals surface area contributed by atoms with E-state index in [0.29, 0.717) is 12.8 Å². The van der Waals surface area contributed by atoms with Crippen molar-refractivity contribution in [3.05, 3.63) is 29.3 Å². The van der Waals surface area contributed by atoms with E-state index in [9.17, 15) is 9.59 Å². The quantitative estimate of drug-likeness (QED) is 0.859. The molecule has 2 aromatic rings. The van der Waals surface area contributed by atoms with E-state index in [1.54, 1.807) is 18.3 Å². The van der Waals surface area contributed by atoms with Crippen LogP contribution in [0.1, 0.15) is 31.7 Å². The highest BCUT2D eigenvalue weighted by atomic mass is 32.1. The van der Waals surface area contributed by atoms with Gasteiger partial charge in [0.1, 0.15) is 5.54 Å². The zero-order chi connectivity index (χ0) is 15.5. The standard InChI is InChI=1S/C15H18N2O3S/c1-3-15(2,14(19)20)17-12(18)8-9-13-16-10-6-4-5-7-11(10)21-13/h4-7H,3,8-9H2,1-2H3,(H,17,18)(H,19,20). The van der Waals surface area contributed by atoms with Crippen LogP contribution in [0.25, 0.3) is 10.2 Å². The summed E-state index contributed by atoms with van der Waals surface area (Å²) in [5.41, 5.74) is -0.271. The number of nitrogens with zero attached hydrogens (tertiary/aromatic N) is 1. The van der Waals surface area contributed by atoms with Crippen LogP contribution in [0.3, 0.4) is 0 Å². The summed E-state index contributed by atoms with van der Waals surface area (Å²) in [5.74, 6) is -1.28. The summed E-state index contributed by atoms with van der Waals surface area (Å²) >= 11 is 1.56. The molecular weight excluding hydrogens is 288 g/mol. The van der Waals surface area contributed by atoms with Crippen LogP contribution >= 0.6 is 11.3 Å². The lowest BCUT2D eigenvalue weighted by Gasteiger charge is -2.24. The zero-order valence-electron chi connectivity index (χ0n) is 12.0. The van der Waals surface area contributed by atoms with Gasteiger partial charge in [-0.15, -0.1) is 11.3 Å². The molecule has 1 amide bonds. The van der Waals surface area contributed by atoms with E-state index in [1.807, 2.05) is 24.3 Å². The number of nitrogens with one attached hydrogen (secondary N) is 1. The molecule has 0 saturated heterocycles. The molecule has 0 aliphatic heterocycles. The summed E-state index contributed by atoms with van der Waals surface area (Å²) in [6, 6.07) is 7.82. The highest BCUT2D eigenvalue weighted by molar-refractivity contribution is 7.18. The zero-order valence-corrected chi connectivity index (χ0v) is 12.9. The van der Waals surface area contributed by atoms with Crippen LogP contribution in [0.5, 0.6) is 0 Å². The molecule has 1 unspecified atom stereocenters. The van der Waals surface area contributed by atoms with Crippen molar-refractivity contribution in [1.29, 1.82) is 0 Å². The molecule has 0 bridgehead atoms. The summed E-state index contributed by atoms with van der Waals surface area (Å²) in [5, 5.41) is 12.6. The lowest BCUT2D eigenvalue weighted by Crippen LogP contribution is -2.51. The maximum Gasteiger partial charge on any atom is 0.329 e. The lowest BCUT2D eigenvalue weighted by molar-refractivity contribution is -0.147. The van der Waals surface area contributed by atoms with Crippen LogP contribution in [0.4, 0.5) is 0 Å². The molecule has 1 aromatic carbocycles. The number of carbonyl (C=O) groups excluding carboxylic acids is 1. The van der Waals surface area contributed by atoms with Gasteiger partial charge in [-0.2, -0.15) is 0 Å². The van der Waals surface area contributed by atoms with Crippen molar-refractivity contribution in [3.8, 4) is 0 Å². The molecule has 6 heteroatoms. The van der Waals surface area contributed by atoms with E-state index in [-0.39, 0.29) is 12.3 Å². The van der Waals surface area contributed by atoms with Gasteiger partial charge in [-0.3, -0.25) is 4.79 Å². The Bertz CT molecular complexity index is 635. The Kier molecular flexibility index (Phi) is 4.57. The number of hydrogen-bond acceptors (Lipinski definition) is 4. The molecule has 0 spiro atoms. The number of para-hydroxylation sites is 1. The minimum atomic E-state index is -1.20. The molecule has 112 valence electrons. The van der Waals surface area contributed by atoms with Gasteiger partial charge < -0.3 is 10.4 Å². The lowest BCUT2D eigenvalue weighted by atomic mass is 9.99. The van der Waals surface area contributed by atoms with Crippen LogP contribution in [0.2, 0.25) is 0 Å². The van der Waals surface area contributed by atoms with Crippen molar-refractivity contribution in [2.75, 3.05) is 0 Å². The number of rotatable bonds is 6. The van der Waals surface area contributed by atoms with Gasteiger partial charge in [-0.05, 0) is 25.5 Å². The average molecular weight is 306 g/mol. The van der Waals surface area contributed by atoms with Crippen molar-refractivity contribution >= 4 is 33.4 Å². The van der Waals surface area contributed by atoms with Crippen molar-refractivity contribution < 1.29 is 14.7 Å². The number of carboxylic acids is 1. The summed E-state index contributed by atoms with van der Waals surface area (Å²) in [7, 11) is 0. The third kappa shape index (κ3) is 3.58. The summed E-state index contributed by atoms with van der Waals surface area (Å²) in [6.07, 6.45) is 1.10. The van der Waals surface area contributed by atoms with Gasteiger partial charge in [0.2, 0.25) is 5.91 Å². The number of carboxylic acid groups (broad SMARTS) is 1. The van der Waals surface area contributed by atoms with Crippen LogP contribution < -0.4 is 5.32 Å². The third-order valence-corrected chi connectivity index (χ3v) is 4.59. The van der Waals surface area contributed by atoms with Gasteiger partial charge in [-0.1, -0.05) is 19.1 Å². The Balaban J connectivity index is 1.96. The summed E-state index contributed by atoms with van der Waals surface area (Å²) < 4.78 is 1.09. The molecule has 21 heavy (non-hydrogen) atoms. The largest absolute Gasteiger partial charge is 0.480 e. The number of thiazole rings is 1. The predicted octanol–water partition coefficient (Wildman–Crippen LogP) is 2.60. The minimum Gasteiger partial charge on any atom is -0.480 e. The van der Waals surface area contributed by atoms with Crippen LogP contribution in [-0.4, -0.2) is 27.5 Å². The second-order valence-corrected chi connectivity index (χ2v) is 6.23. The van der Waals surface area contributed by atoms with Gasteiger partial charge in [0.15, 0.2) is 0 Å². The first-order valence-electron chi connectivity index (χ1n) is 6.83. The fourth-order valence-electron chi connectivity index (χ4n) is 1.91. The minimum absolute atomic E-state index is 0.239. The van der Waals surface area contributed by atoms with Crippen LogP contribution in [-0.2, 0) is 16.0 Å². The Hall–Kier alpha value is -1.95. The number of fused-ring (bicyclic) bond motifs is 1. The van der Waals surface area contributed by atoms with E-state index in [1.165, 1.54) is 6.92 Å². The van der Waals surface area contributed by atoms with Crippen molar-refractivity contribution in [2.45, 2.75) is 38.6 Å². The van der Waals surface area contributed by atoms with E-state index >= 15 is 0 Å². The topological polar surface area (TPSA) is 79.3 Å². The summed E-state index contributed by atoms with van der Waals surface area (Å²) in [6.45, 7) is 3.26. The fraction of sp³-hybridized carbons (Fsp3) is 0.400. The second kappa shape index (κ2) is 6.22. The molecule has 0 radical (unpaired) electrons. The molecule has 2 rings (SSSR count). The van der Waals surface area contributed by atoms with E-state index in [4.69, 9.17) is 5.11 Å². The Morgan fingerprint density at radius 1 is 1.38 bits per heavy atom. The Labute approximate surface area is 127 Å². The third-order valence-electron chi connectivity index (χ3n) is 3.50. The smallest absolute Gasteiger partial charge is 0.329 e. The highest BCUT2D eigenvalue weighted by Crippen LogP contribution is 2.22. The molecule has 0 aliphatic rings. The maximum absolute atomic E-state index is 11.9. The average Bonchev–Trinajstić information content (AvgIpc) is 2.87. The van der Waals surface area contributed by atoms with E-state index < -0.39 is 11.5 Å². The highest BCUT2D eigenvalue weighted by Gasteiger charge is 2.32. The molecule has 0 fully saturated rings. The molecule has 0 aliphatic carbocycles. The van der Waals surface area contributed by atoms with Gasteiger partial charge in [0.05, 0.1) is 15.2 Å². The maximum atomic E-state index is 11.9. The van der Waals surface area contributed by atoms with Crippen molar-refractivity contribution in [2.24, 2.45) is 0 Å². The van der Waals surface area contributed by atoms with Crippen LogP contribution in [0.15, 0.2) is 24.3 Å². The SMILES string of the molecule is CCC(C)(NC(=O)CCc1nc2ccccc2s1)C(=O)O. The first-order chi connectivity index (χ1) is 9.94. The van der Waals surface area contributed by atoms with Gasteiger partial charge in [0.25, 0.3) is 0 Å². The Morgan fingerprint density at radius 2 is 2.10 bits per heavy atom. The predicted molar refractivity (Wildman–Crippen MR) is 82.4 cm³/mol.